The Morgan fingerprint density at radius 3 is 2.67 bits per heavy atom. The Bertz CT molecular complexity index is 740. The van der Waals surface area contributed by atoms with E-state index in [1.165, 1.54) is 11.1 Å². The third-order valence-corrected chi connectivity index (χ3v) is 3.50. The Morgan fingerprint density at radius 2 is 1.81 bits per heavy atom. The van der Waals surface area contributed by atoms with Crippen LogP contribution in [0.5, 0.6) is 5.75 Å². The van der Waals surface area contributed by atoms with Crippen molar-refractivity contribution in [2.75, 3.05) is 6.54 Å². The van der Waals surface area contributed by atoms with Crippen molar-refractivity contribution in [2.45, 2.75) is 13.0 Å². The topological polar surface area (TPSA) is 48.1 Å². The van der Waals surface area contributed by atoms with E-state index < -0.39 is 0 Å². The molecule has 3 rings (SSSR count). The molecule has 2 aromatic carbocycles. The summed E-state index contributed by atoms with van der Waals surface area (Å²) in [5, 5.41) is 1.12. The van der Waals surface area contributed by atoms with E-state index in [0.717, 1.165) is 23.1 Å². The maximum Gasteiger partial charge on any atom is 0.122 e. The Morgan fingerprint density at radius 1 is 0.952 bits per heavy atom. The number of benzene rings is 2. The number of hydrogen-bond donors (Lipinski definition) is 1. The summed E-state index contributed by atoms with van der Waals surface area (Å²) in [7, 11) is 0. The smallest absolute Gasteiger partial charge is 0.122 e. The molecular formula is C18H18N2O. The van der Waals surface area contributed by atoms with E-state index >= 15 is 0 Å². The van der Waals surface area contributed by atoms with E-state index in [1.54, 1.807) is 6.20 Å². The molecule has 0 atom stereocenters. The molecule has 2 N–H and O–H groups in total. The number of nitrogens with two attached hydrogens (primary N) is 1. The van der Waals surface area contributed by atoms with Gasteiger partial charge in [0.15, 0.2) is 0 Å². The van der Waals surface area contributed by atoms with Gasteiger partial charge in [0, 0.05) is 17.6 Å². The van der Waals surface area contributed by atoms with E-state index in [2.05, 4.69) is 17.1 Å². The van der Waals surface area contributed by atoms with Gasteiger partial charge in [-0.05, 0) is 42.3 Å². The van der Waals surface area contributed by atoms with E-state index in [1.807, 2.05) is 42.5 Å². The molecular weight excluding hydrogens is 260 g/mol. The zero-order chi connectivity index (χ0) is 14.5. The normalized spacial score (nSPS) is 10.7. The fourth-order valence-corrected chi connectivity index (χ4v) is 2.39. The van der Waals surface area contributed by atoms with Crippen LogP contribution in [0.4, 0.5) is 0 Å². The van der Waals surface area contributed by atoms with Gasteiger partial charge in [0.05, 0.1) is 5.52 Å². The van der Waals surface area contributed by atoms with Gasteiger partial charge in [0.25, 0.3) is 0 Å². The molecule has 3 heteroatoms. The second kappa shape index (κ2) is 6.37. The van der Waals surface area contributed by atoms with Crippen LogP contribution in [0.3, 0.4) is 0 Å². The van der Waals surface area contributed by atoms with Gasteiger partial charge in [-0.2, -0.15) is 0 Å². The standard InChI is InChI=1S/C18H18N2O/c19-10-9-14-4-1-2-5-16(14)13-21-17-8-7-15-6-3-11-20-18(15)12-17/h1-8,11-12H,9-10,13,19H2. The van der Waals surface area contributed by atoms with Crippen LogP contribution in [-0.4, -0.2) is 11.5 Å². The highest BCUT2D eigenvalue weighted by molar-refractivity contribution is 5.79. The predicted molar refractivity (Wildman–Crippen MR) is 85.3 cm³/mol. The number of rotatable bonds is 5. The molecule has 1 heterocycles. The summed E-state index contributed by atoms with van der Waals surface area (Å²) >= 11 is 0. The molecule has 0 aliphatic carbocycles. The van der Waals surface area contributed by atoms with Crippen LogP contribution >= 0.6 is 0 Å². The Hall–Kier alpha value is -2.39. The predicted octanol–water partition coefficient (Wildman–Crippen LogP) is 3.32. The highest BCUT2D eigenvalue weighted by Crippen LogP contribution is 2.20. The van der Waals surface area contributed by atoms with Crippen LogP contribution in [0, 0.1) is 0 Å². The highest BCUT2D eigenvalue weighted by Gasteiger charge is 2.03. The molecule has 3 aromatic rings. The van der Waals surface area contributed by atoms with E-state index in [0.29, 0.717) is 13.2 Å². The first-order valence-electron chi connectivity index (χ1n) is 7.11. The zero-order valence-electron chi connectivity index (χ0n) is 11.8. The number of ether oxygens (including phenoxy) is 1. The van der Waals surface area contributed by atoms with Crippen molar-refractivity contribution in [3.05, 3.63) is 71.9 Å². The van der Waals surface area contributed by atoms with Crippen LogP contribution in [0.2, 0.25) is 0 Å². The largest absolute Gasteiger partial charge is 0.489 e. The first-order valence-corrected chi connectivity index (χ1v) is 7.11. The first kappa shape index (κ1) is 13.6. The van der Waals surface area contributed by atoms with Gasteiger partial charge in [-0.3, -0.25) is 4.98 Å². The van der Waals surface area contributed by atoms with Crippen LogP contribution in [-0.2, 0) is 13.0 Å². The second-order valence-corrected chi connectivity index (χ2v) is 4.95. The summed E-state index contributed by atoms with van der Waals surface area (Å²) in [5.74, 6) is 0.837. The van der Waals surface area contributed by atoms with Gasteiger partial charge in [-0.1, -0.05) is 30.3 Å². The fraction of sp³-hybridized carbons (Fsp3) is 0.167. The molecule has 0 spiro atoms. The molecule has 3 nitrogen and oxygen atoms in total. The number of pyridine rings is 1. The van der Waals surface area contributed by atoms with E-state index in [-0.39, 0.29) is 0 Å². The molecule has 0 saturated carbocycles. The van der Waals surface area contributed by atoms with Crippen molar-refractivity contribution in [3.8, 4) is 5.75 Å². The molecule has 0 aliphatic heterocycles. The van der Waals surface area contributed by atoms with Crippen LogP contribution in [0.1, 0.15) is 11.1 Å². The Balaban J connectivity index is 1.77. The van der Waals surface area contributed by atoms with Crippen molar-refractivity contribution >= 4 is 10.9 Å². The van der Waals surface area contributed by atoms with Gasteiger partial charge in [-0.25, -0.2) is 0 Å². The average molecular weight is 278 g/mol. The summed E-state index contributed by atoms with van der Waals surface area (Å²) in [6.07, 6.45) is 2.67. The van der Waals surface area contributed by atoms with Gasteiger partial charge < -0.3 is 10.5 Å². The number of nitrogens with zero attached hydrogens (tertiary/aromatic N) is 1. The van der Waals surface area contributed by atoms with Crippen molar-refractivity contribution in [3.63, 3.8) is 0 Å². The third kappa shape index (κ3) is 3.20. The van der Waals surface area contributed by atoms with Crippen molar-refractivity contribution < 1.29 is 4.74 Å². The molecule has 0 unspecified atom stereocenters. The lowest BCUT2D eigenvalue weighted by Crippen LogP contribution is -2.07. The second-order valence-electron chi connectivity index (χ2n) is 4.95. The van der Waals surface area contributed by atoms with Crippen LogP contribution in [0.25, 0.3) is 10.9 Å². The lowest BCUT2D eigenvalue weighted by Gasteiger charge is -2.11. The lowest BCUT2D eigenvalue weighted by molar-refractivity contribution is 0.305. The summed E-state index contributed by atoms with van der Waals surface area (Å²) in [5.41, 5.74) is 9.03. The zero-order valence-corrected chi connectivity index (χ0v) is 11.8. The number of aromatic nitrogens is 1. The molecule has 0 aliphatic rings. The summed E-state index contributed by atoms with van der Waals surface area (Å²) in [6.45, 7) is 1.20. The molecule has 1 aromatic heterocycles. The minimum absolute atomic E-state index is 0.550. The number of hydrogen-bond acceptors (Lipinski definition) is 3. The van der Waals surface area contributed by atoms with E-state index in [4.69, 9.17) is 10.5 Å². The molecule has 0 radical (unpaired) electrons. The third-order valence-electron chi connectivity index (χ3n) is 3.50. The fourth-order valence-electron chi connectivity index (χ4n) is 2.39. The van der Waals surface area contributed by atoms with Gasteiger partial charge in [-0.15, -0.1) is 0 Å². The van der Waals surface area contributed by atoms with Crippen molar-refractivity contribution in [2.24, 2.45) is 5.73 Å². The molecule has 0 saturated heterocycles. The molecule has 106 valence electrons. The first-order chi connectivity index (χ1) is 10.4. The SMILES string of the molecule is NCCc1ccccc1COc1ccc2cccnc2c1. The highest BCUT2D eigenvalue weighted by atomic mass is 16.5. The van der Waals surface area contributed by atoms with Crippen molar-refractivity contribution in [1.29, 1.82) is 0 Å². The monoisotopic (exact) mass is 278 g/mol. The van der Waals surface area contributed by atoms with Crippen LogP contribution in [0.15, 0.2) is 60.8 Å². The Labute approximate surface area is 124 Å². The van der Waals surface area contributed by atoms with E-state index in [9.17, 15) is 0 Å². The van der Waals surface area contributed by atoms with Gasteiger partial charge in [0.1, 0.15) is 12.4 Å². The average Bonchev–Trinajstić information content (AvgIpc) is 2.54. The maximum atomic E-state index is 5.91. The molecule has 0 bridgehead atoms. The molecule has 21 heavy (non-hydrogen) atoms. The quantitative estimate of drug-likeness (QED) is 0.779. The maximum absolute atomic E-state index is 5.91. The number of fused-ring (bicyclic) bond motifs is 1. The van der Waals surface area contributed by atoms with Crippen molar-refractivity contribution in [1.82, 2.24) is 4.98 Å². The minimum atomic E-state index is 0.550. The van der Waals surface area contributed by atoms with Crippen LogP contribution < -0.4 is 10.5 Å². The minimum Gasteiger partial charge on any atom is -0.489 e. The molecule has 0 fully saturated rings. The van der Waals surface area contributed by atoms with Gasteiger partial charge >= 0.3 is 0 Å². The summed E-state index contributed by atoms with van der Waals surface area (Å²) in [6, 6.07) is 18.2. The molecule has 0 amide bonds. The lowest BCUT2D eigenvalue weighted by atomic mass is 10.1. The summed E-state index contributed by atoms with van der Waals surface area (Å²) in [4.78, 5) is 4.35. The van der Waals surface area contributed by atoms with Gasteiger partial charge in [0.2, 0.25) is 0 Å². The summed E-state index contributed by atoms with van der Waals surface area (Å²) < 4.78 is 5.91. The Kier molecular flexibility index (Phi) is 4.12.